The summed E-state index contributed by atoms with van der Waals surface area (Å²) in [6.45, 7) is 0. The first kappa shape index (κ1) is 7.03. The molecule has 2 atom stereocenters. The quantitative estimate of drug-likeness (QED) is 0.539. The molecule has 0 saturated heterocycles. The molecule has 0 aromatic carbocycles. The highest BCUT2D eigenvalue weighted by Gasteiger charge is 2.18. The van der Waals surface area contributed by atoms with Gasteiger partial charge in [-0.25, -0.2) is 0 Å². The van der Waals surface area contributed by atoms with Crippen molar-refractivity contribution in [3.05, 3.63) is 0 Å². The molecule has 2 heteroatoms. The Morgan fingerprint density at radius 2 is 2.00 bits per heavy atom. The first-order valence-corrected chi connectivity index (χ1v) is 3.77. The molecule has 1 rings (SSSR count). The van der Waals surface area contributed by atoms with E-state index in [-0.39, 0.29) is 0 Å². The molecule has 0 heterocycles. The van der Waals surface area contributed by atoms with Gasteiger partial charge in [-0.3, -0.25) is 0 Å². The van der Waals surface area contributed by atoms with Gasteiger partial charge < -0.3 is 11.1 Å². The average Bonchev–Trinajstić information content (AvgIpc) is 1.89. The molecule has 1 aliphatic carbocycles. The van der Waals surface area contributed by atoms with Crippen LogP contribution < -0.4 is 11.1 Å². The van der Waals surface area contributed by atoms with Crippen molar-refractivity contribution < 1.29 is 0 Å². The topological polar surface area (TPSA) is 38.0 Å². The molecular weight excluding hydrogens is 112 g/mol. The van der Waals surface area contributed by atoms with Gasteiger partial charge in [0.15, 0.2) is 0 Å². The lowest BCUT2D eigenvalue weighted by Gasteiger charge is -2.27. The predicted octanol–water partition coefficient (Wildman–Crippen LogP) is 0.476. The van der Waals surface area contributed by atoms with Crippen LogP contribution in [0.15, 0.2) is 0 Å². The second kappa shape index (κ2) is 3.18. The fraction of sp³-hybridized carbons (Fsp3) is 1.00. The Labute approximate surface area is 56.8 Å². The monoisotopic (exact) mass is 128 g/mol. The minimum atomic E-state index is 0.406. The van der Waals surface area contributed by atoms with Crippen LogP contribution in [0.4, 0.5) is 0 Å². The molecule has 0 aliphatic heterocycles. The van der Waals surface area contributed by atoms with Gasteiger partial charge in [-0.1, -0.05) is 12.8 Å². The zero-order chi connectivity index (χ0) is 6.69. The molecule has 0 unspecified atom stereocenters. The van der Waals surface area contributed by atoms with Crippen LogP contribution in [0.2, 0.25) is 0 Å². The minimum Gasteiger partial charge on any atom is -0.326 e. The number of nitrogens with one attached hydrogen (secondary N) is 1. The van der Waals surface area contributed by atoms with E-state index in [1.54, 1.807) is 0 Å². The largest absolute Gasteiger partial charge is 0.326 e. The number of nitrogens with two attached hydrogens (primary N) is 1. The van der Waals surface area contributed by atoms with Crippen molar-refractivity contribution in [3.63, 3.8) is 0 Å². The molecule has 1 saturated carbocycles. The highest BCUT2D eigenvalue weighted by Crippen LogP contribution is 2.15. The Hall–Kier alpha value is -0.0800. The summed E-state index contributed by atoms with van der Waals surface area (Å²) in [4.78, 5) is 0. The van der Waals surface area contributed by atoms with Gasteiger partial charge in [-0.15, -0.1) is 0 Å². The third-order valence-corrected chi connectivity index (χ3v) is 2.19. The maximum absolute atomic E-state index is 5.83. The Kier molecular flexibility index (Phi) is 2.49. The lowest BCUT2D eigenvalue weighted by atomic mass is 9.91. The van der Waals surface area contributed by atoms with Crippen molar-refractivity contribution in [2.75, 3.05) is 7.05 Å². The smallest absolute Gasteiger partial charge is 0.0216 e. The molecule has 54 valence electrons. The summed E-state index contributed by atoms with van der Waals surface area (Å²) in [6, 6.07) is 0.988. The first-order valence-electron chi connectivity index (χ1n) is 3.77. The van der Waals surface area contributed by atoms with Crippen molar-refractivity contribution in [1.82, 2.24) is 5.32 Å². The zero-order valence-corrected chi connectivity index (χ0v) is 6.06. The Bertz CT molecular complexity index is 83.0. The van der Waals surface area contributed by atoms with E-state index in [9.17, 15) is 0 Å². The highest BCUT2D eigenvalue weighted by atomic mass is 14.9. The van der Waals surface area contributed by atoms with Crippen LogP contribution in [0.25, 0.3) is 0 Å². The zero-order valence-electron chi connectivity index (χ0n) is 6.06. The second-order valence-corrected chi connectivity index (χ2v) is 2.84. The standard InChI is InChI=1S/C7H16N2/c1-9-7-5-3-2-4-6(7)8/h6-7,9H,2-5,8H2,1H3/t6-,7+/m0/s1. The van der Waals surface area contributed by atoms with Crippen LogP contribution in [0.1, 0.15) is 25.7 Å². The third-order valence-electron chi connectivity index (χ3n) is 2.19. The van der Waals surface area contributed by atoms with Crippen LogP contribution in [0.5, 0.6) is 0 Å². The molecule has 3 N–H and O–H groups in total. The molecule has 0 aromatic heterocycles. The lowest BCUT2D eigenvalue weighted by molar-refractivity contribution is 0.344. The maximum atomic E-state index is 5.83. The summed E-state index contributed by atoms with van der Waals surface area (Å²) in [5, 5.41) is 3.23. The van der Waals surface area contributed by atoms with Gasteiger partial charge in [0.1, 0.15) is 0 Å². The van der Waals surface area contributed by atoms with E-state index in [1.807, 2.05) is 7.05 Å². The van der Waals surface area contributed by atoms with Crippen molar-refractivity contribution in [2.45, 2.75) is 37.8 Å². The van der Waals surface area contributed by atoms with Gasteiger partial charge in [-0.2, -0.15) is 0 Å². The summed E-state index contributed by atoms with van der Waals surface area (Å²) in [7, 11) is 2.00. The number of rotatable bonds is 1. The van der Waals surface area contributed by atoms with Gasteiger partial charge in [0.05, 0.1) is 0 Å². The summed E-state index contributed by atoms with van der Waals surface area (Å²) in [5.74, 6) is 0. The Balaban J connectivity index is 2.30. The van der Waals surface area contributed by atoms with Crippen molar-refractivity contribution in [1.29, 1.82) is 0 Å². The Morgan fingerprint density at radius 1 is 1.33 bits per heavy atom. The predicted molar refractivity (Wildman–Crippen MR) is 39.3 cm³/mol. The fourth-order valence-corrected chi connectivity index (χ4v) is 1.52. The van der Waals surface area contributed by atoms with E-state index in [2.05, 4.69) is 5.32 Å². The number of hydrogen-bond acceptors (Lipinski definition) is 2. The third kappa shape index (κ3) is 1.66. The van der Waals surface area contributed by atoms with E-state index in [4.69, 9.17) is 5.73 Å². The molecule has 1 fully saturated rings. The summed E-state index contributed by atoms with van der Waals surface area (Å²) in [5.41, 5.74) is 5.83. The molecule has 0 spiro atoms. The van der Waals surface area contributed by atoms with Crippen LogP contribution in [0, 0.1) is 0 Å². The first-order chi connectivity index (χ1) is 4.34. The average molecular weight is 128 g/mol. The van der Waals surface area contributed by atoms with E-state index in [1.165, 1.54) is 25.7 Å². The SMILES string of the molecule is CN[C@@H]1CCCC[C@@H]1N. The van der Waals surface area contributed by atoms with Crippen molar-refractivity contribution in [3.8, 4) is 0 Å². The summed E-state index contributed by atoms with van der Waals surface area (Å²) in [6.07, 6.45) is 5.13. The molecule has 9 heavy (non-hydrogen) atoms. The lowest BCUT2D eigenvalue weighted by Crippen LogP contribution is -2.45. The van der Waals surface area contributed by atoms with Gasteiger partial charge in [0, 0.05) is 12.1 Å². The molecule has 2 nitrogen and oxygen atoms in total. The highest BCUT2D eigenvalue weighted by molar-refractivity contribution is 4.81. The van der Waals surface area contributed by atoms with E-state index < -0.39 is 0 Å². The maximum Gasteiger partial charge on any atom is 0.0216 e. The van der Waals surface area contributed by atoms with E-state index >= 15 is 0 Å². The molecule has 1 aliphatic rings. The minimum absolute atomic E-state index is 0.406. The van der Waals surface area contributed by atoms with Crippen molar-refractivity contribution >= 4 is 0 Å². The van der Waals surface area contributed by atoms with E-state index in [0.717, 1.165) is 0 Å². The molecular formula is C7H16N2. The van der Waals surface area contributed by atoms with Crippen molar-refractivity contribution in [2.24, 2.45) is 5.73 Å². The Morgan fingerprint density at radius 3 is 2.44 bits per heavy atom. The molecule has 0 bridgehead atoms. The number of likely N-dealkylation sites (N-methyl/N-ethyl adjacent to an activating group) is 1. The van der Waals surface area contributed by atoms with Crippen LogP contribution >= 0.6 is 0 Å². The normalized spacial score (nSPS) is 36.7. The van der Waals surface area contributed by atoms with Crippen LogP contribution in [-0.4, -0.2) is 19.1 Å². The van der Waals surface area contributed by atoms with Gasteiger partial charge >= 0.3 is 0 Å². The van der Waals surface area contributed by atoms with Crippen LogP contribution in [-0.2, 0) is 0 Å². The second-order valence-electron chi connectivity index (χ2n) is 2.84. The summed E-state index contributed by atoms with van der Waals surface area (Å²) < 4.78 is 0. The van der Waals surface area contributed by atoms with Crippen LogP contribution in [0.3, 0.4) is 0 Å². The molecule has 0 radical (unpaired) electrons. The molecule has 0 aromatic rings. The number of hydrogen-bond donors (Lipinski definition) is 2. The fourth-order valence-electron chi connectivity index (χ4n) is 1.52. The van der Waals surface area contributed by atoms with E-state index in [0.29, 0.717) is 12.1 Å². The van der Waals surface area contributed by atoms with Gasteiger partial charge in [0.2, 0.25) is 0 Å². The van der Waals surface area contributed by atoms with Gasteiger partial charge in [-0.05, 0) is 19.9 Å². The summed E-state index contributed by atoms with van der Waals surface area (Å²) >= 11 is 0. The van der Waals surface area contributed by atoms with Gasteiger partial charge in [0.25, 0.3) is 0 Å². The molecule has 0 amide bonds.